The Hall–Kier alpha value is -2.00. The SMILES string of the molecule is Cc1c(NS(=O)(=O)c2cncc(Br)c2)cccc1[N+](=O)[O-]. The summed E-state index contributed by atoms with van der Waals surface area (Å²) < 4.78 is 27.3. The van der Waals surface area contributed by atoms with Gasteiger partial charge in [-0.15, -0.1) is 0 Å². The number of nitrogens with one attached hydrogen (secondary N) is 1. The van der Waals surface area contributed by atoms with Gasteiger partial charge in [0.15, 0.2) is 0 Å². The average Bonchev–Trinajstić information content (AvgIpc) is 2.40. The standard InChI is InChI=1S/C12H10BrN3O4S/c1-8-11(3-2-4-12(8)16(17)18)15-21(19,20)10-5-9(13)6-14-7-10/h2-7,15H,1H3. The molecule has 1 N–H and O–H groups in total. The van der Waals surface area contributed by atoms with Crippen molar-refractivity contribution in [3.05, 3.63) is 56.8 Å². The van der Waals surface area contributed by atoms with Crippen LogP contribution in [0.25, 0.3) is 0 Å². The summed E-state index contributed by atoms with van der Waals surface area (Å²) in [6, 6.07) is 5.59. The molecule has 1 aromatic heterocycles. The van der Waals surface area contributed by atoms with E-state index in [9.17, 15) is 18.5 Å². The van der Waals surface area contributed by atoms with Crippen molar-refractivity contribution in [1.29, 1.82) is 0 Å². The first-order valence-corrected chi connectivity index (χ1v) is 7.96. The predicted molar refractivity (Wildman–Crippen MR) is 80.6 cm³/mol. The molecule has 2 aromatic rings. The van der Waals surface area contributed by atoms with Crippen molar-refractivity contribution in [2.75, 3.05) is 4.72 Å². The first kappa shape index (κ1) is 15.4. The minimum Gasteiger partial charge on any atom is -0.279 e. The number of pyridine rings is 1. The summed E-state index contributed by atoms with van der Waals surface area (Å²) in [5.74, 6) is 0. The summed E-state index contributed by atoms with van der Waals surface area (Å²) in [5.41, 5.74) is 0.251. The maximum absolute atomic E-state index is 12.2. The predicted octanol–water partition coefficient (Wildman–Crippen LogP) is 2.86. The largest absolute Gasteiger partial charge is 0.279 e. The molecule has 7 nitrogen and oxygen atoms in total. The number of rotatable bonds is 4. The second-order valence-corrected chi connectivity index (χ2v) is 6.75. The van der Waals surface area contributed by atoms with Crippen molar-refractivity contribution in [3.63, 3.8) is 0 Å². The molecule has 0 unspecified atom stereocenters. The van der Waals surface area contributed by atoms with Crippen LogP contribution in [-0.4, -0.2) is 18.3 Å². The number of aromatic nitrogens is 1. The Bertz CT molecular complexity index is 808. The highest BCUT2D eigenvalue weighted by atomic mass is 79.9. The topological polar surface area (TPSA) is 102 Å². The van der Waals surface area contributed by atoms with Crippen LogP contribution in [0.1, 0.15) is 5.56 Å². The van der Waals surface area contributed by atoms with Gasteiger partial charge in [-0.1, -0.05) is 6.07 Å². The highest BCUT2D eigenvalue weighted by Crippen LogP contribution is 2.27. The molecule has 110 valence electrons. The molecule has 0 aliphatic carbocycles. The van der Waals surface area contributed by atoms with E-state index in [4.69, 9.17) is 0 Å². The molecule has 0 saturated carbocycles. The Morgan fingerprint density at radius 3 is 2.67 bits per heavy atom. The molecule has 0 spiro atoms. The Kier molecular flexibility index (Phi) is 4.24. The molecule has 0 radical (unpaired) electrons. The minimum atomic E-state index is -3.87. The van der Waals surface area contributed by atoms with E-state index in [0.717, 1.165) is 0 Å². The van der Waals surface area contributed by atoms with Crippen LogP contribution < -0.4 is 4.72 Å². The Balaban J connectivity index is 2.42. The number of sulfonamides is 1. The molecule has 1 heterocycles. The van der Waals surface area contributed by atoms with Crippen LogP contribution in [0, 0.1) is 17.0 Å². The van der Waals surface area contributed by atoms with Gasteiger partial charge in [0.2, 0.25) is 0 Å². The van der Waals surface area contributed by atoms with E-state index in [1.807, 2.05) is 0 Å². The van der Waals surface area contributed by atoms with E-state index < -0.39 is 14.9 Å². The fourth-order valence-corrected chi connectivity index (χ4v) is 3.30. The molecule has 0 aliphatic rings. The van der Waals surface area contributed by atoms with Gasteiger partial charge in [-0.25, -0.2) is 8.42 Å². The number of halogens is 1. The Morgan fingerprint density at radius 1 is 1.33 bits per heavy atom. The number of hydrogen-bond acceptors (Lipinski definition) is 5. The summed E-state index contributed by atoms with van der Waals surface area (Å²) in [6.07, 6.45) is 2.65. The van der Waals surface area contributed by atoms with Crippen LogP contribution in [0.4, 0.5) is 11.4 Å². The second kappa shape index (κ2) is 5.78. The third-order valence-corrected chi connectivity index (χ3v) is 4.50. The van der Waals surface area contributed by atoms with E-state index in [0.29, 0.717) is 4.47 Å². The molecule has 9 heteroatoms. The Labute approximate surface area is 129 Å². The van der Waals surface area contributed by atoms with E-state index in [1.165, 1.54) is 43.6 Å². The normalized spacial score (nSPS) is 11.1. The van der Waals surface area contributed by atoms with Gasteiger partial charge < -0.3 is 0 Å². The Morgan fingerprint density at radius 2 is 2.05 bits per heavy atom. The quantitative estimate of drug-likeness (QED) is 0.657. The average molecular weight is 372 g/mol. The van der Waals surface area contributed by atoms with Crippen LogP contribution in [0.2, 0.25) is 0 Å². The van der Waals surface area contributed by atoms with E-state index in [1.54, 1.807) is 0 Å². The van der Waals surface area contributed by atoms with Crippen molar-refractivity contribution >= 4 is 37.3 Å². The molecular weight excluding hydrogens is 362 g/mol. The number of hydrogen-bond donors (Lipinski definition) is 1. The molecule has 0 bridgehead atoms. The maximum atomic E-state index is 12.2. The van der Waals surface area contributed by atoms with Gasteiger partial charge in [0.1, 0.15) is 4.90 Å². The van der Waals surface area contributed by atoms with E-state index in [2.05, 4.69) is 25.6 Å². The van der Waals surface area contributed by atoms with Crippen molar-refractivity contribution in [2.45, 2.75) is 11.8 Å². The van der Waals surface area contributed by atoms with Crippen LogP contribution in [0.5, 0.6) is 0 Å². The lowest BCUT2D eigenvalue weighted by Crippen LogP contribution is -2.14. The third-order valence-electron chi connectivity index (χ3n) is 2.74. The van der Waals surface area contributed by atoms with E-state index >= 15 is 0 Å². The maximum Gasteiger partial charge on any atom is 0.274 e. The van der Waals surface area contributed by atoms with Crippen LogP contribution in [0.15, 0.2) is 46.0 Å². The lowest BCUT2D eigenvalue weighted by molar-refractivity contribution is -0.385. The molecule has 2 rings (SSSR count). The summed E-state index contributed by atoms with van der Waals surface area (Å²) >= 11 is 3.14. The summed E-state index contributed by atoms with van der Waals surface area (Å²) in [6.45, 7) is 1.48. The molecule has 0 saturated heterocycles. The summed E-state index contributed by atoms with van der Waals surface area (Å²) in [4.78, 5) is 14.1. The number of nitro groups is 1. The van der Waals surface area contributed by atoms with Crippen molar-refractivity contribution in [3.8, 4) is 0 Å². The molecule has 21 heavy (non-hydrogen) atoms. The van der Waals surface area contributed by atoms with Gasteiger partial charge in [-0.2, -0.15) is 0 Å². The van der Waals surface area contributed by atoms with Crippen molar-refractivity contribution < 1.29 is 13.3 Å². The first-order valence-electron chi connectivity index (χ1n) is 5.68. The zero-order valence-electron chi connectivity index (χ0n) is 10.8. The number of anilines is 1. The van der Waals surface area contributed by atoms with E-state index in [-0.39, 0.29) is 21.8 Å². The monoisotopic (exact) mass is 371 g/mol. The zero-order valence-corrected chi connectivity index (χ0v) is 13.2. The van der Waals surface area contributed by atoms with Crippen LogP contribution >= 0.6 is 15.9 Å². The molecule has 0 amide bonds. The summed E-state index contributed by atoms with van der Waals surface area (Å²) in [7, 11) is -3.87. The van der Waals surface area contributed by atoms with Crippen LogP contribution in [0.3, 0.4) is 0 Å². The molecule has 0 aliphatic heterocycles. The van der Waals surface area contributed by atoms with Crippen LogP contribution in [-0.2, 0) is 10.0 Å². The van der Waals surface area contributed by atoms with Gasteiger partial charge in [-0.3, -0.25) is 19.8 Å². The lowest BCUT2D eigenvalue weighted by Gasteiger charge is -2.10. The highest BCUT2D eigenvalue weighted by Gasteiger charge is 2.19. The van der Waals surface area contributed by atoms with Gasteiger partial charge in [0.25, 0.3) is 15.7 Å². The number of nitrogens with zero attached hydrogens (tertiary/aromatic N) is 2. The second-order valence-electron chi connectivity index (χ2n) is 4.15. The zero-order chi connectivity index (χ0) is 15.6. The fourth-order valence-electron chi connectivity index (χ4n) is 1.67. The van der Waals surface area contributed by atoms with Crippen molar-refractivity contribution in [2.24, 2.45) is 0 Å². The molecule has 1 aromatic carbocycles. The smallest absolute Gasteiger partial charge is 0.274 e. The highest BCUT2D eigenvalue weighted by molar-refractivity contribution is 9.10. The van der Waals surface area contributed by atoms with Gasteiger partial charge in [-0.05, 0) is 35.0 Å². The van der Waals surface area contributed by atoms with Gasteiger partial charge in [0, 0.05) is 22.9 Å². The van der Waals surface area contributed by atoms with Gasteiger partial charge >= 0.3 is 0 Å². The van der Waals surface area contributed by atoms with Crippen molar-refractivity contribution in [1.82, 2.24) is 4.98 Å². The first-order chi connectivity index (χ1) is 9.81. The summed E-state index contributed by atoms with van der Waals surface area (Å²) in [5, 5.41) is 10.9. The fraction of sp³-hybridized carbons (Fsp3) is 0.0833. The molecule has 0 fully saturated rings. The lowest BCUT2D eigenvalue weighted by atomic mass is 10.2. The van der Waals surface area contributed by atoms with Gasteiger partial charge in [0.05, 0.1) is 16.2 Å². The third kappa shape index (κ3) is 3.37. The minimum absolute atomic E-state index is 0.0391. The molecule has 0 atom stereocenters. The number of nitro benzene ring substituents is 1. The number of benzene rings is 1. The molecular formula is C12H10BrN3O4S.